The third-order valence-corrected chi connectivity index (χ3v) is 5.32. The summed E-state index contributed by atoms with van der Waals surface area (Å²) in [5.74, 6) is -0.0202. The van der Waals surface area contributed by atoms with E-state index in [1.165, 1.54) is 6.92 Å². The zero-order chi connectivity index (χ0) is 19.5. The molecule has 1 N–H and O–H groups in total. The maximum atomic E-state index is 12.3. The topological polar surface area (TPSA) is 64.6 Å². The molecule has 0 saturated heterocycles. The Balaban J connectivity index is 5.07. The Morgan fingerprint density at radius 1 is 1.12 bits per heavy atom. The highest BCUT2D eigenvalue weighted by molar-refractivity contribution is 5.69. The van der Waals surface area contributed by atoms with Gasteiger partial charge in [-0.05, 0) is 32.1 Å². The quantitative estimate of drug-likeness (QED) is 0.292. The normalized spacial score (nSPS) is 17.2. The lowest BCUT2D eigenvalue weighted by Crippen LogP contribution is -2.52. The van der Waals surface area contributed by atoms with Crippen LogP contribution >= 0.6 is 0 Å². The summed E-state index contributed by atoms with van der Waals surface area (Å²) < 4.78 is 5.87. The van der Waals surface area contributed by atoms with Crippen LogP contribution in [0.15, 0.2) is 0 Å². The molecule has 5 heteroatoms. The summed E-state index contributed by atoms with van der Waals surface area (Å²) in [6, 6.07) is 0. The average molecular weight is 358 g/mol. The molecular weight excluding hydrogens is 318 g/mol. The summed E-state index contributed by atoms with van der Waals surface area (Å²) in [5.41, 5.74) is 2.45. The van der Waals surface area contributed by atoms with Crippen molar-refractivity contribution in [3.05, 3.63) is 0 Å². The molecule has 4 unspecified atom stereocenters. The largest absolute Gasteiger partial charge is 0.462 e. The molecule has 0 spiro atoms. The molecule has 0 aliphatic heterocycles. The van der Waals surface area contributed by atoms with Crippen molar-refractivity contribution in [2.45, 2.75) is 105 Å². The molecule has 5 nitrogen and oxygen atoms in total. The molecule has 0 heterocycles. The van der Waals surface area contributed by atoms with Crippen molar-refractivity contribution >= 4 is 11.9 Å². The van der Waals surface area contributed by atoms with Gasteiger partial charge in [0.25, 0.3) is 0 Å². The first kappa shape index (κ1) is 23.9. The molecule has 0 aromatic rings. The minimum absolute atomic E-state index is 0.0148. The van der Waals surface area contributed by atoms with Crippen molar-refractivity contribution < 1.29 is 19.2 Å². The van der Waals surface area contributed by atoms with Crippen molar-refractivity contribution in [3.8, 4) is 0 Å². The van der Waals surface area contributed by atoms with Gasteiger partial charge in [0.15, 0.2) is 0 Å². The zero-order valence-electron chi connectivity index (χ0n) is 17.3. The van der Waals surface area contributed by atoms with Crippen LogP contribution < -0.4 is 5.48 Å². The van der Waals surface area contributed by atoms with E-state index in [4.69, 9.17) is 9.57 Å². The number of hydroxylamine groups is 1. The maximum Gasteiger partial charge on any atom is 0.321 e. The SMILES string of the molecule is CCCCCC(=O)OC(CC(C)CC)C(C)C(C)(CC)NOC(C)=O. The lowest BCUT2D eigenvalue weighted by atomic mass is 9.78. The number of hydrogen-bond acceptors (Lipinski definition) is 5. The first-order valence-corrected chi connectivity index (χ1v) is 9.84. The first-order chi connectivity index (χ1) is 11.7. The highest BCUT2D eigenvalue weighted by atomic mass is 16.7. The van der Waals surface area contributed by atoms with Gasteiger partial charge in [-0.2, -0.15) is 0 Å². The van der Waals surface area contributed by atoms with E-state index >= 15 is 0 Å². The van der Waals surface area contributed by atoms with Crippen molar-refractivity contribution in [1.29, 1.82) is 0 Å². The van der Waals surface area contributed by atoms with Gasteiger partial charge in [0.1, 0.15) is 6.10 Å². The second-order valence-corrected chi connectivity index (χ2v) is 7.49. The molecule has 0 aliphatic rings. The number of nitrogens with one attached hydrogen (secondary N) is 1. The first-order valence-electron chi connectivity index (χ1n) is 9.84. The van der Waals surface area contributed by atoms with Crippen molar-refractivity contribution in [3.63, 3.8) is 0 Å². The predicted molar refractivity (Wildman–Crippen MR) is 101 cm³/mol. The van der Waals surface area contributed by atoms with E-state index in [-0.39, 0.29) is 24.0 Å². The smallest absolute Gasteiger partial charge is 0.321 e. The van der Waals surface area contributed by atoms with Gasteiger partial charge in [0.2, 0.25) is 0 Å². The Morgan fingerprint density at radius 3 is 2.24 bits per heavy atom. The monoisotopic (exact) mass is 357 g/mol. The van der Waals surface area contributed by atoms with Crippen LogP contribution in [0.2, 0.25) is 0 Å². The molecule has 148 valence electrons. The molecule has 0 rings (SSSR count). The molecule has 0 amide bonds. The molecule has 0 saturated carbocycles. The van der Waals surface area contributed by atoms with Crippen LogP contribution in [-0.4, -0.2) is 23.6 Å². The Labute approximate surface area is 154 Å². The van der Waals surface area contributed by atoms with Gasteiger partial charge in [-0.15, -0.1) is 5.48 Å². The fourth-order valence-corrected chi connectivity index (χ4v) is 2.75. The Hall–Kier alpha value is -1.10. The highest BCUT2D eigenvalue weighted by Gasteiger charge is 2.38. The van der Waals surface area contributed by atoms with E-state index < -0.39 is 5.54 Å². The summed E-state index contributed by atoms with van der Waals surface area (Å²) in [7, 11) is 0. The highest BCUT2D eigenvalue weighted by Crippen LogP contribution is 2.30. The standard InChI is InChI=1S/C20H39NO4/c1-8-11-12-13-19(23)24-18(14-15(4)9-2)16(5)20(7,10-3)21-25-17(6)22/h15-16,18,21H,8-14H2,1-7H3. The van der Waals surface area contributed by atoms with Crippen LogP contribution in [0.25, 0.3) is 0 Å². The van der Waals surface area contributed by atoms with E-state index in [2.05, 4.69) is 33.2 Å². The molecule has 0 bridgehead atoms. The van der Waals surface area contributed by atoms with Crippen molar-refractivity contribution in [1.82, 2.24) is 5.48 Å². The summed E-state index contributed by atoms with van der Waals surface area (Å²) in [6.07, 6.45) is 5.88. The molecule has 0 radical (unpaired) electrons. The molecule has 4 atom stereocenters. The Bertz CT molecular complexity index is 399. The van der Waals surface area contributed by atoms with Gasteiger partial charge in [-0.1, -0.05) is 53.9 Å². The number of unbranched alkanes of at least 4 members (excludes halogenated alkanes) is 2. The second kappa shape index (κ2) is 12.3. The average Bonchev–Trinajstić information content (AvgIpc) is 2.58. The van der Waals surface area contributed by atoms with E-state index in [0.29, 0.717) is 12.3 Å². The molecule has 0 aromatic heterocycles. The van der Waals surface area contributed by atoms with Gasteiger partial charge in [-0.3, -0.25) is 9.59 Å². The van der Waals surface area contributed by atoms with Gasteiger partial charge >= 0.3 is 11.9 Å². The van der Waals surface area contributed by atoms with E-state index in [9.17, 15) is 9.59 Å². The van der Waals surface area contributed by atoms with Crippen LogP contribution in [-0.2, 0) is 19.2 Å². The third-order valence-electron chi connectivity index (χ3n) is 5.32. The fourth-order valence-electron chi connectivity index (χ4n) is 2.75. The van der Waals surface area contributed by atoms with Crippen molar-refractivity contribution in [2.24, 2.45) is 11.8 Å². The van der Waals surface area contributed by atoms with Gasteiger partial charge in [0.05, 0.1) is 5.54 Å². The number of hydrogen-bond donors (Lipinski definition) is 1. The number of ether oxygens (including phenoxy) is 1. The molecular formula is C20H39NO4. The molecule has 0 fully saturated rings. The van der Waals surface area contributed by atoms with E-state index in [1.807, 2.05) is 13.8 Å². The third kappa shape index (κ3) is 9.24. The van der Waals surface area contributed by atoms with Crippen LogP contribution in [0.1, 0.15) is 93.4 Å². The number of rotatable bonds is 13. The Kier molecular flexibility index (Phi) is 11.7. The minimum Gasteiger partial charge on any atom is -0.462 e. The summed E-state index contributed by atoms with van der Waals surface area (Å²) >= 11 is 0. The van der Waals surface area contributed by atoms with Crippen LogP contribution in [0.4, 0.5) is 0 Å². The summed E-state index contributed by atoms with van der Waals surface area (Å²) in [5, 5.41) is 0. The van der Waals surface area contributed by atoms with E-state index in [1.54, 1.807) is 0 Å². The van der Waals surface area contributed by atoms with Gasteiger partial charge < -0.3 is 9.57 Å². The second-order valence-electron chi connectivity index (χ2n) is 7.49. The molecule has 25 heavy (non-hydrogen) atoms. The lowest BCUT2D eigenvalue weighted by molar-refractivity contribution is -0.164. The number of carbonyl (C=O) groups is 2. The lowest BCUT2D eigenvalue weighted by Gasteiger charge is -2.39. The van der Waals surface area contributed by atoms with Crippen LogP contribution in [0, 0.1) is 11.8 Å². The summed E-state index contributed by atoms with van der Waals surface area (Å²) in [4.78, 5) is 28.5. The number of esters is 1. The molecule has 0 aromatic carbocycles. The zero-order valence-corrected chi connectivity index (χ0v) is 17.3. The predicted octanol–water partition coefficient (Wildman–Crippen LogP) is 4.79. The van der Waals surface area contributed by atoms with Crippen LogP contribution in [0.3, 0.4) is 0 Å². The fraction of sp³-hybridized carbons (Fsp3) is 0.900. The summed E-state index contributed by atoms with van der Waals surface area (Å²) in [6.45, 7) is 13.9. The van der Waals surface area contributed by atoms with Gasteiger partial charge in [-0.25, -0.2) is 0 Å². The molecule has 0 aliphatic carbocycles. The number of carbonyl (C=O) groups excluding carboxylic acids is 2. The van der Waals surface area contributed by atoms with Gasteiger partial charge in [0, 0.05) is 19.3 Å². The van der Waals surface area contributed by atoms with Crippen LogP contribution in [0.5, 0.6) is 0 Å². The van der Waals surface area contributed by atoms with Crippen molar-refractivity contribution in [2.75, 3.05) is 0 Å². The maximum absolute atomic E-state index is 12.3. The Morgan fingerprint density at radius 2 is 1.76 bits per heavy atom. The van der Waals surface area contributed by atoms with E-state index in [0.717, 1.165) is 38.5 Å². The minimum atomic E-state index is -0.451.